The average Bonchev–Trinajstić information content (AvgIpc) is 3.28. The van der Waals surface area contributed by atoms with Crippen molar-refractivity contribution in [3.8, 4) is 0 Å². The Kier molecular flexibility index (Phi) is 5.00. The zero-order chi connectivity index (χ0) is 18.8. The number of nitrogens with zero attached hydrogens (tertiary/aromatic N) is 4. The molecule has 3 N–H and O–H groups in total. The lowest BCUT2D eigenvalue weighted by Gasteiger charge is -2.18. The zero-order valence-corrected chi connectivity index (χ0v) is 15.8. The van der Waals surface area contributed by atoms with Gasteiger partial charge in [-0.3, -0.25) is 9.89 Å². The Bertz CT molecular complexity index is 957. The van der Waals surface area contributed by atoms with Crippen LogP contribution >= 0.6 is 23.2 Å². The van der Waals surface area contributed by atoms with Crippen LogP contribution in [0.5, 0.6) is 0 Å². The maximum Gasteiger partial charge on any atom is 0.241 e. The molecule has 0 aliphatic carbocycles. The summed E-state index contributed by atoms with van der Waals surface area (Å²) in [4.78, 5) is 22.7. The molecule has 4 rings (SSSR count). The minimum Gasteiger partial charge on any atom is -0.376 e. The number of carbonyl (C=O) groups is 1. The van der Waals surface area contributed by atoms with Crippen LogP contribution in [-0.4, -0.2) is 56.6 Å². The monoisotopic (exact) mass is 405 g/mol. The Balaban J connectivity index is 1.33. The van der Waals surface area contributed by atoms with E-state index in [-0.39, 0.29) is 18.5 Å². The van der Waals surface area contributed by atoms with Crippen LogP contribution in [0.4, 0.5) is 11.5 Å². The summed E-state index contributed by atoms with van der Waals surface area (Å²) in [6.07, 6.45) is 4.02. The number of anilines is 2. The molecule has 0 spiro atoms. The second-order valence-corrected chi connectivity index (χ2v) is 7.21. The highest BCUT2D eigenvalue weighted by atomic mass is 35.5. The molecule has 10 heteroatoms. The molecule has 1 aromatic carbocycles. The van der Waals surface area contributed by atoms with E-state index in [1.807, 2.05) is 4.90 Å². The van der Waals surface area contributed by atoms with Gasteiger partial charge in [0, 0.05) is 34.9 Å². The SMILES string of the molecule is O=C(CNc1cc(Cl)cc(Cl)c1)N1CCC(Nc2ncnc3[nH]ncc23)C1. The molecule has 140 valence electrons. The molecule has 0 saturated carbocycles. The lowest BCUT2D eigenvalue weighted by Crippen LogP contribution is -2.35. The predicted molar refractivity (Wildman–Crippen MR) is 105 cm³/mol. The van der Waals surface area contributed by atoms with Crippen molar-refractivity contribution in [2.75, 3.05) is 30.3 Å². The molecule has 3 aromatic rings. The van der Waals surface area contributed by atoms with Gasteiger partial charge in [-0.05, 0) is 24.6 Å². The third-order valence-corrected chi connectivity index (χ3v) is 4.87. The first-order valence-electron chi connectivity index (χ1n) is 8.47. The molecule has 1 aliphatic rings. The van der Waals surface area contributed by atoms with E-state index in [0.29, 0.717) is 28.8 Å². The molecular weight excluding hydrogens is 389 g/mol. The van der Waals surface area contributed by atoms with Gasteiger partial charge in [0.25, 0.3) is 0 Å². The largest absolute Gasteiger partial charge is 0.376 e. The number of carbonyl (C=O) groups excluding carboxylic acids is 1. The summed E-state index contributed by atoms with van der Waals surface area (Å²) in [5.41, 5.74) is 1.40. The van der Waals surface area contributed by atoms with Crippen molar-refractivity contribution in [2.45, 2.75) is 12.5 Å². The molecule has 8 nitrogen and oxygen atoms in total. The van der Waals surface area contributed by atoms with Gasteiger partial charge < -0.3 is 15.5 Å². The van der Waals surface area contributed by atoms with Gasteiger partial charge in [-0.25, -0.2) is 9.97 Å². The summed E-state index contributed by atoms with van der Waals surface area (Å²) in [5, 5.41) is 15.2. The third-order valence-electron chi connectivity index (χ3n) is 4.44. The van der Waals surface area contributed by atoms with E-state index in [1.54, 1.807) is 24.4 Å². The van der Waals surface area contributed by atoms with Crippen molar-refractivity contribution in [2.24, 2.45) is 0 Å². The van der Waals surface area contributed by atoms with Gasteiger partial charge in [-0.2, -0.15) is 5.10 Å². The third kappa shape index (κ3) is 4.06. The van der Waals surface area contributed by atoms with Crippen molar-refractivity contribution < 1.29 is 4.79 Å². The van der Waals surface area contributed by atoms with E-state index >= 15 is 0 Å². The van der Waals surface area contributed by atoms with Gasteiger partial charge in [0.15, 0.2) is 5.65 Å². The van der Waals surface area contributed by atoms with Crippen LogP contribution in [0.3, 0.4) is 0 Å². The summed E-state index contributed by atoms with van der Waals surface area (Å²) < 4.78 is 0. The minimum absolute atomic E-state index is 0.0199. The number of hydrogen-bond acceptors (Lipinski definition) is 6. The average molecular weight is 406 g/mol. The molecule has 1 saturated heterocycles. The van der Waals surface area contributed by atoms with Crippen LogP contribution in [0.1, 0.15) is 6.42 Å². The van der Waals surface area contributed by atoms with E-state index in [2.05, 4.69) is 30.8 Å². The molecule has 1 aliphatic heterocycles. The fourth-order valence-electron chi connectivity index (χ4n) is 3.12. The quantitative estimate of drug-likeness (QED) is 0.603. The number of hydrogen-bond donors (Lipinski definition) is 3. The van der Waals surface area contributed by atoms with Gasteiger partial charge in [0.2, 0.25) is 5.91 Å². The predicted octanol–water partition coefficient (Wildman–Crippen LogP) is 2.78. The number of amides is 1. The smallest absolute Gasteiger partial charge is 0.241 e. The van der Waals surface area contributed by atoms with Crippen molar-refractivity contribution in [3.63, 3.8) is 0 Å². The van der Waals surface area contributed by atoms with Gasteiger partial charge in [0.1, 0.15) is 12.1 Å². The molecule has 2 aromatic heterocycles. The molecule has 0 bridgehead atoms. The fraction of sp³-hybridized carbons (Fsp3) is 0.294. The number of aromatic amines is 1. The number of fused-ring (bicyclic) bond motifs is 1. The summed E-state index contributed by atoms with van der Waals surface area (Å²) in [6, 6.07) is 5.25. The van der Waals surface area contributed by atoms with E-state index in [9.17, 15) is 4.79 Å². The summed E-state index contributed by atoms with van der Waals surface area (Å²) in [7, 11) is 0. The normalized spacial score (nSPS) is 16.7. The van der Waals surface area contributed by atoms with Crippen molar-refractivity contribution in [1.82, 2.24) is 25.1 Å². The van der Waals surface area contributed by atoms with Crippen LogP contribution in [-0.2, 0) is 4.79 Å². The summed E-state index contributed by atoms with van der Waals surface area (Å²) >= 11 is 12.0. The molecule has 1 fully saturated rings. The van der Waals surface area contributed by atoms with Crippen molar-refractivity contribution >= 4 is 51.6 Å². The number of H-pyrrole nitrogens is 1. The molecule has 1 atom stereocenters. The second kappa shape index (κ2) is 7.58. The maximum absolute atomic E-state index is 12.5. The molecule has 1 amide bonds. The first kappa shape index (κ1) is 17.8. The number of halogens is 2. The number of aromatic nitrogens is 4. The number of benzene rings is 1. The highest BCUT2D eigenvalue weighted by Crippen LogP contribution is 2.23. The van der Waals surface area contributed by atoms with Gasteiger partial charge in [-0.15, -0.1) is 0 Å². The molecule has 0 radical (unpaired) electrons. The van der Waals surface area contributed by atoms with Gasteiger partial charge in [-0.1, -0.05) is 23.2 Å². The number of rotatable bonds is 5. The lowest BCUT2D eigenvalue weighted by molar-refractivity contribution is -0.128. The first-order chi connectivity index (χ1) is 13.1. The van der Waals surface area contributed by atoms with Crippen LogP contribution < -0.4 is 10.6 Å². The van der Waals surface area contributed by atoms with E-state index in [4.69, 9.17) is 23.2 Å². The molecule has 3 heterocycles. The molecular formula is C17H17Cl2N7O. The Morgan fingerprint density at radius 1 is 1.26 bits per heavy atom. The molecule has 27 heavy (non-hydrogen) atoms. The fourth-order valence-corrected chi connectivity index (χ4v) is 3.65. The van der Waals surface area contributed by atoms with Crippen LogP contribution in [0.25, 0.3) is 11.0 Å². The van der Waals surface area contributed by atoms with Crippen LogP contribution in [0.15, 0.2) is 30.7 Å². The number of nitrogens with one attached hydrogen (secondary N) is 3. The zero-order valence-electron chi connectivity index (χ0n) is 14.2. The highest BCUT2D eigenvalue weighted by molar-refractivity contribution is 6.35. The van der Waals surface area contributed by atoms with E-state index in [1.165, 1.54) is 6.33 Å². The lowest BCUT2D eigenvalue weighted by atomic mass is 10.2. The summed E-state index contributed by atoms with van der Waals surface area (Å²) in [5.74, 6) is 0.742. The molecule has 1 unspecified atom stereocenters. The van der Waals surface area contributed by atoms with E-state index < -0.39 is 0 Å². The topological polar surface area (TPSA) is 98.8 Å². The van der Waals surface area contributed by atoms with E-state index in [0.717, 1.165) is 23.3 Å². The maximum atomic E-state index is 12.5. The first-order valence-corrected chi connectivity index (χ1v) is 9.22. The minimum atomic E-state index is 0.0199. The van der Waals surface area contributed by atoms with Crippen molar-refractivity contribution in [1.29, 1.82) is 0 Å². The van der Waals surface area contributed by atoms with Crippen LogP contribution in [0, 0.1) is 0 Å². The van der Waals surface area contributed by atoms with Gasteiger partial charge in [0.05, 0.1) is 18.1 Å². The highest BCUT2D eigenvalue weighted by Gasteiger charge is 2.26. The Hall–Kier alpha value is -2.58. The Morgan fingerprint density at radius 2 is 2.07 bits per heavy atom. The van der Waals surface area contributed by atoms with Gasteiger partial charge >= 0.3 is 0 Å². The second-order valence-electron chi connectivity index (χ2n) is 6.34. The Labute approximate surface area is 165 Å². The summed E-state index contributed by atoms with van der Waals surface area (Å²) in [6.45, 7) is 1.48. The van der Waals surface area contributed by atoms with Crippen molar-refractivity contribution in [3.05, 3.63) is 40.8 Å². The number of likely N-dealkylation sites (tertiary alicyclic amines) is 1. The standard InChI is InChI=1S/C17H17Cl2N7O/c18-10-3-11(19)5-13(4-10)20-7-15(27)26-2-1-12(8-26)24-16-14-6-23-25-17(14)22-9-21-16/h3-6,9,12,20H,1-2,7-8H2,(H2,21,22,23,24,25). The van der Waals surface area contributed by atoms with Crippen LogP contribution in [0.2, 0.25) is 10.0 Å². The Morgan fingerprint density at radius 3 is 2.89 bits per heavy atom.